The second-order valence-electron chi connectivity index (χ2n) is 7.19. The molecule has 0 aliphatic rings. The highest BCUT2D eigenvalue weighted by atomic mass is 35.5. The van der Waals surface area contributed by atoms with Crippen molar-refractivity contribution >= 4 is 34.6 Å². The zero-order chi connectivity index (χ0) is 21.9. The fourth-order valence-electron chi connectivity index (χ4n) is 3.62. The maximum Gasteiger partial charge on any atom is 0.288 e. The van der Waals surface area contributed by atoms with E-state index in [-0.39, 0.29) is 5.91 Å². The van der Waals surface area contributed by atoms with Crippen molar-refractivity contribution in [1.82, 2.24) is 10.4 Å². The summed E-state index contributed by atoms with van der Waals surface area (Å²) in [6.45, 7) is 0. The van der Waals surface area contributed by atoms with E-state index in [4.69, 9.17) is 16.0 Å². The molecule has 2 aromatic heterocycles. The van der Waals surface area contributed by atoms with Crippen LogP contribution in [0.25, 0.3) is 33.4 Å². The number of para-hydroxylation sites is 1. The second kappa shape index (κ2) is 8.57. The number of amides is 1. The summed E-state index contributed by atoms with van der Waals surface area (Å²) in [5.41, 5.74) is 6.65. The lowest BCUT2D eigenvalue weighted by Gasteiger charge is -2.04. The van der Waals surface area contributed by atoms with E-state index >= 15 is 0 Å². The Bertz CT molecular complexity index is 1420. The molecule has 0 spiro atoms. The molecule has 0 saturated heterocycles. The van der Waals surface area contributed by atoms with Crippen molar-refractivity contribution in [3.8, 4) is 22.5 Å². The van der Waals surface area contributed by atoms with Crippen LogP contribution in [-0.2, 0) is 0 Å². The molecule has 5 aromatic rings. The fraction of sp³-hybridized carbons (Fsp3) is 0. The topological polar surface area (TPSA) is 70.4 Å². The van der Waals surface area contributed by atoms with Gasteiger partial charge in [0.25, 0.3) is 5.91 Å². The SMILES string of the molecule is O=C(NN=Cc1ccc(-c2ccc(Cl)cc2)o1)c1[nH]c2ccccc2c1-c1ccccc1. The average Bonchev–Trinajstić information content (AvgIpc) is 3.45. The minimum atomic E-state index is -0.333. The Morgan fingerprint density at radius 2 is 1.62 bits per heavy atom. The molecule has 2 heterocycles. The summed E-state index contributed by atoms with van der Waals surface area (Å²) in [5, 5.41) is 5.73. The number of halogens is 1. The standard InChI is InChI=1S/C26H18ClN3O2/c27-19-12-10-17(11-13-19)23-15-14-20(32-23)16-28-30-26(31)25-24(18-6-2-1-3-7-18)21-8-4-5-9-22(21)29-25/h1-16,29H,(H,30,31). The molecule has 0 atom stereocenters. The zero-order valence-corrected chi connectivity index (χ0v) is 17.6. The van der Waals surface area contributed by atoms with Crippen LogP contribution in [0.3, 0.4) is 0 Å². The summed E-state index contributed by atoms with van der Waals surface area (Å²) in [6.07, 6.45) is 1.47. The molecule has 0 fully saturated rings. The van der Waals surface area contributed by atoms with Crippen LogP contribution >= 0.6 is 11.6 Å². The fourth-order valence-corrected chi connectivity index (χ4v) is 3.74. The Morgan fingerprint density at radius 3 is 2.44 bits per heavy atom. The van der Waals surface area contributed by atoms with Gasteiger partial charge < -0.3 is 9.40 Å². The van der Waals surface area contributed by atoms with Gasteiger partial charge >= 0.3 is 0 Å². The first-order valence-electron chi connectivity index (χ1n) is 10.0. The van der Waals surface area contributed by atoms with Gasteiger partial charge in [-0.1, -0.05) is 60.1 Å². The molecule has 1 amide bonds. The van der Waals surface area contributed by atoms with Gasteiger partial charge in [-0.3, -0.25) is 4.79 Å². The number of carbonyl (C=O) groups excluding carboxylic acids is 1. The van der Waals surface area contributed by atoms with Crippen LogP contribution in [0.2, 0.25) is 5.02 Å². The summed E-state index contributed by atoms with van der Waals surface area (Å²) in [4.78, 5) is 16.2. The van der Waals surface area contributed by atoms with Gasteiger partial charge in [0.05, 0.1) is 6.21 Å². The lowest BCUT2D eigenvalue weighted by Crippen LogP contribution is -2.18. The molecule has 6 heteroatoms. The van der Waals surface area contributed by atoms with Gasteiger partial charge in [0, 0.05) is 27.1 Å². The van der Waals surface area contributed by atoms with E-state index in [0.717, 1.165) is 27.6 Å². The van der Waals surface area contributed by atoms with Gasteiger partial charge in [-0.2, -0.15) is 5.10 Å². The molecule has 2 N–H and O–H groups in total. The van der Waals surface area contributed by atoms with Crippen LogP contribution in [0.4, 0.5) is 0 Å². The van der Waals surface area contributed by atoms with Crippen molar-refractivity contribution < 1.29 is 9.21 Å². The van der Waals surface area contributed by atoms with Crippen LogP contribution < -0.4 is 5.43 Å². The van der Waals surface area contributed by atoms with Gasteiger partial charge in [0.1, 0.15) is 17.2 Å². The first kappa shape index (κ1) is 19.8. The monoisotopic (exact) mass is 439 g/mol. The maximum atomic E-state index is 13.0. The highest BCUT2D eigenvalue weighted by molar-refractivity contribution is 6.30. The third kappa shape index (κ3) is 3.94. The number of hydrazone groups is 1. The van der Waals surface area contributed by atoms with Crippen molar-refractivity contribution in [2.24, 2.45) is 5.10 Å². The van der Waals surface area contributed by atoms with Gasteiger partial charge in [-0.05, 0) is 48.0 Å². The van der Waals surface area contributed by atoms with E-state index in [9.17, 15) is 4.79 Å². The third-order valence-electron chi connectivity index (χ3n) is 5.11. The number of benzene rings is 3. The summed E-state index contributed by atoms with van der Waals surface area (Å²) >= 11 is 5.93. The van der Waals surface area contributed by atoms with Gasteiger partial charge in [0.15, 0.2) is 0 Å². The van der Waals surface area contributed by atoms with Crippen LogP contribution in [0, 0.1) is 0 Å². The van der Waals surface area contributed by atoms with E-state index in [0.29, 0.717) is 22.2 Å². The largest absolute Gasteiger partial charge is 0.455 e. The van der Waals surface area contributed by atoms with Crippen LogP contribution in [0.5, 0.6) is 0 Å². The Morgan fingerprint density at radius 1 is 0.875 bits per heavy atom. The lowest BCUT2D eigenvalue weighted by atomic mass is 10.0. The molecule has 0 radical (unpaired) electrons. The quantitative estimate of drug-likeness (QED) is 0.242. The van der Waals surface area contributed by atoms with Gasteiger partial charge in [-0.15, -0.1) is 0 Å². The van der Waals surface area contributed by atoms with E-state index in [2.05, 4.69) is 15.5 Å². The summed E-state index contributed by atoms with van der Waals surface area (Å²) in [7, 11) is 0. The molecule has 0 unspecified atom stereocenters. The Labute approximate surface area is 189 Å². The first-order chi connectivity index (χ1) is 15.7. The lowest BCUT2D eigenvalue weighted by molar-refractivity contribution is 0.0951. The molecule has 0 saturated carbocycles. The number of aromatic nitrogens is 1. The predicted octanol–water partition coefficient (Wildman–Crippen LogP) is 6.51. The third-order valence-corrected chi connectivity index (χ3v) is 5.36. The smallest absolute Gasteiger partial charge is 0.288 e. The molecule has 5 rings (SSSR count). The zero-order valence-electron chi connectivity index (χ0n) is 16.9. The Balaban J connectivity index is 1.38. The molecule has 0 bridgehead atoms. The highest BCUT2D eigenvalue weighted by Gasteiger charge is 2.18. The van der Waals surface area contributed by atoms with E-state index in [1.54, 1.807) is 18.2 Å². The second-order valence-corrected chi connectivity index (χ2v) is 7.63. The molecule has 0 aliphatic heterocycles. The Hall–Kier alpha value is -4.09. The number of nitrogens with one attached hydrogen (secondary N) is 2. The number of H-pyrrole nitrogens is 1. The number of rotatable bonds is 5. The minimum Gasteiger partial charge on any atom is -0.455 e. The highest BCUT2D eigenvalue weighted by Crippen LogP contribution is 2.32. The summed E-state index contributed by atoms with van der Waals surface area (Å²) in [6, 6.07) is 28.6. The van der Waals surface area contributed by atoms with Crippen LogP contribution in [0.1, 0.15) is 16.2 Å². The molecule has 5 nitrogen and oxygen atoms in total. The van der Waals surface area contributed by atoms with E-state index in [1.165, 1.54) is 6.21 Å². The number of carbonyl (C=O) groups is 1. The van der Waals surface area contributed by atoms with Gasteiger partial charge in [0.2, 0.25) is 0 Å². The summed E-state index contributed by atoms with van der Waals surface area (Å²) < 4.78 is 5.79. The van der Waals surface area contributed by atoms with Crippen molar-refractivity contribution in [2.45, 2.75) is 0 Å². The average molecular weight is 440 g/mol. The predicted molar refractivity (Wildman–Crippen MR) is 128 cm³/mol. The molecule has 156 valence electrons. The number of fused-ring (bicyclic) bond motifs is 1. The molecule has 0 aliphatic carbocycles. The van der Waals surface area contributed by atoms with Crippen LogP contribution in [-0.4, -0.2) is 17.1 Å². The summed E-state index contributed by atoms with van der Waals surface area (Å²) in [5.74, 6) is 0.882. The Kier molecular flexibility index (Phi) is 5.32. The normalized spacial score (nSPS) is 11.3. The van der Waals surface area contributed by atoms with E-state index < -0.39 is 0 Å². The minimum absolute atomic E-state index is 0.333. The number of aromatic amines is 1. The van der Waals surface area contributed by atoms with E-state index in [1.807, 2.05) is 72.8 Å². The van der Waals surface area contributed by atoms with Crippen molar-refractivity contribution in [1.29, 1.82) is 0 Å². The number of hydrogen-bond donors (Lipinski definition) is 2. The van der Waals surface area contributed by atoms with Crippen molar-refractivity contribution in [2.75, 3.05) is 0 Å². The maximum absolute atomic E-state index is 13.0. The molecular weight excluding hydrogens is 422 g/mol. The van der Waals surface area contributed by atoms with Crippen LogP contribution in [0.15, 0.2) is 101 Å². The number of nitrogens with zero attached hydrogens (tertiary/aromatic N) is 1. The van der Waals surface area contributed by atoms with Crippen molar-refractivity contribution in [3.63, 3.8) is 0 Å². The molecule has 32 heavy (non-hydrogen) atoms. The van der Waals surface area contributed by atoms with Crippen molar-refractivity contribution in [3.05, 3.63) is 107 Å². The van der Waals surface area contributed by atoms with Gasteiger partial charge in [-0.25, -0.2) is 5.43 Å². The number of hydrogen-bond acceptors (Lipinski definition) is 3. The first-order valence-corrected chi connectivity index (χ1v) is 10.4. The molecular formula is C26H18ClN3O2. The number of furan rings is 1. The molecule has 3 aromatic carbocycles.